The molecule has 6 heteroatoms. The molecule has 0 amide bonds. The van der Waals surface area contributed by atoms with Gasteiger partial charge in [-0.25, -0.2) is 0 Å². The van der Waals surface area contributed by atoms with Crippen LogP contribution in [0.25, 0.3) is 0 Å². The first-order valence-corrected chi connectivity index (χ1v) is 8.74. The van der Waals surface area contributed by atoms with E-state index in [1.165, 1.54) is 0 Å². The second kappa shape index (κ2) is 6.35. The smallest absolute Gasteiger partial charge is 0.198 e. The van der Waals surface area contributed by atoms with Crippen LogP contribution in [0.3, 0.4) is 0 Å². The van der Waals surface area contributed by atoms with Gasteiger partial charge in [0.2, 0.25) is 0 Å². The van der Waals surface area contributed by atoms with Crippen molar-refractivity contribution in [3.63, 3.8) is 0 Å². The quantitative estimate of drug-likeness (QED) is 0.910. The van der Waals surface area contributed by atoms with Gasteiger partial charge in [-0.05, 0) is 31.4 Å². The molecule has 1 aromatic carbocycles. The fourth-order valence-corrected chi connectivity index (χ4v) is 4.20. The van der Waals surface area contributed by atoms with Crippen LogP contribution in [0, 0.1) is 0 Å². The van der Waals surface area contributed by atoms with Crippen molar-refractivity contribution in [3.05, 3.63) is 34.3 Å². The SMILES string of the molecule is CC1CCCCN1S(=O)(=O)NCc1ccccc1Br. The van der Waals surface area contributed by atoms with Gasteiger partial charge in [0.1, 0.15) is 0 Å². The normalized spacial score (nSPS) is 21.5. The number of piperidine rings is 1. The summed E-state index contributed by atoms with van der Waals surface area (Å²) in [7, 11) is -3.38. The van der Waals surface area contributed by atoms with Crippen LogP contribution in [-0.2, 0) is 16.8 Å². The molecule has 0 bridgehead atoms. The third-order valence-corrected chi connectivity index (χ3v) is 5.90. The van der Waals surface area contributed by atoms with Crippen molar-refractivity contribution in [2.75, 3.05) is 6.54 Å². The third-order valence-electron chi connectivity index (χ3n) is 3.45. The molecule has 1 heterocycles. The summed E-state index contributed by atoms with van der Waals surface area (Å²) in [6.07, 6.45) is 2.99. The minimum atomic E-state index is -3.38. The van der Waals surface area contributed by atoms with Gasteiger partial charge in [-0.2, -0.15) is 17.4 Å². The molecule has 1 aliphatic rings. The molecule has 1 atom stereocenters. The van der Waals surface area contributed by atoms with E-state index in [2.05, 4.69) is 20.7 Å². The lowest BCUT2D eigenvalue weighted by Crippen LogP contribution is -2.47. The van der Waals surface area contributed by atoms with Crippen LogP contribution in [0.15, 0.2) is 28.7 Å². The zero-order valence-electron chi connectivity index (χ0n) is 11.0. The topological polar surface area (TPSA) is 49.4 Å². The van der Waals surface area contributed by atoms with Crippen molar-refractivity contribution in [2.24, 2.45) is 0 Å². The van der Waals surface area contributed by atoms with E-state index in [4.69, 9.17) is 0 Å². The summed E-state index contributed by atoms with van der Waals surface area (Å²) in [4.78, 5) is 0. The average molecular weight is 347 g/mol. The molecule has 0 radical (unpaired) electrons. The molecule has 1 saturated heterocycles. The number of rotatable bonds is 4. The Kier molecular flexibility index (Phi) is 5.00. The number of halogens is 1. The van der Waals surface area contributed by atoms with E-state index in [0.717, 1.165) is 29.3 Å². The van der Waals surface area contributed by atoms with Crippen LogP contribution in [-0.4, -0.2) is 25.3 Å². The van der Waals surface area contributed by atoms with Crippen molar-refractivity contribution < 1.29 is 8.42 Å². The Morgan fingerprint density at radius 1 is 1.37 bits per heavy atom. The molecule has 2 rings (SSSR count). The highest BCUT2D eigenvalue weighted by atomic mass is 79.9. The van der Waals surface area contributed by atoms with E-state index in [-0.39, 0.29) is 6.04 Å². The van der Waals surface area contributed by atoms with Crippen LogP contribution in [0.5, 0.6) is 0 Å². The van der Waals surface area contributed by atoms with Gasteiger partial charge < -0.3 is 0 Å². The lowest BCUT2D eigenvalue weighted by molar-refractivity contribution is 0.265. The summed E-state index contributed by atoms with van der Waals surface area (Å²) in [6.45, 7) is 2.90. The van der Waals surface area contributed by atoms with Gasteiger partial charge in [-0.3, -0.25) is 0 Å². The highest BCUT2D eigenvalue weighted by molar-refractivity contribution is 9.10. The summed E-state index contributed by atoms with van der Waals surface area (Å²) >= 11 is 3.42. The van der Waals surface area contributed by atoms with Gasteiger partial charge in [0.05, 0.1) is 0 Å². The maximum atomic E-state index is 12.3. The molecule has 106 valence electrons. The highest BCUT2D eigenvalue weighted by Gasteiger charge is 2.29. The number of benzene rings is 1. The number of nitrogens with one attached hydrogen (secondary N) is 1. The Labute approximate surface area is 123 Å². The minimum Gasteiger partial charge on any atom is -0.198 e. The van der Waals surface area contributed by atoms with Crippen LogP contribution in [0.2, 0.25) is 0 Å². The fraction of sp³-hybridized carbons (Fsp3) is 0.538. The first-order valence-electron chi connectivity index (χ1n) is 6.50. The Bertz CT molecular complexity index is 533. The Morgan fingerprint density at radius 3 is 2.79 bits per heavy atom. The molecular formula is C13H19BrN2O2S. The Balaban J connectivity index is 2.03. The van der Waals surface area contributed by atoms with E-state index in [1.54, 1.807) is 4.31 Å². The maximum Gasteiger partial charge on any atom is 0.279 e. The van der Waals surface area contributed by atoms with Crippen molar-refractivity contribution in [2.45, 2.75) is 38.8 Å². The summed E-state index contributed by atoms with van der Waals surface area (Å²) in [6, 6.07) is 7.72. The second-order valence-corrected chi connectivity index (χ2v) is 7.44. The number of hydrogen-bond acceptors (Lipinski definition) is 2. The molecule has 0 aliphatic carbocycles. The van der Waals surface area contributed by atoms with E-state index in [1.807, 2.05) is 31.2 Å². The number of nitrogens with zero attached hydrogens (tertiary/aromatic N) is 1. The molecule has 1 aliphatic heterocycles. The molecule has 0 spiro atoms. The van der Waals surface area contributed by atoms with Crippen LogP contribution in [0.1, 0.15) is 31.7 Å². The predicted octanol–water partition coefficient (Wildman–Crippen LogP) is 2.66. The van der Waals surface area contributed by atoms with E-state index in [0.29, 0.717) is 13.1 Å². The van der Waals surface area contributed by atoms with E-state index in [9.17, 15) is 8.42 Å². The van der Waals surface area contributed by atoms with Crippen molar-refractivity contribution >= 4 is 26.1 Å². The lowest BCUT2D eigenvalue weighted by Gasteiger charge is -2.32. The molecule has 1 fully saturated rings. The molecule has 1 unspecified atom stereocenters. The van der Waals surface area contributed by atoms with Crippen LogP contribution >= 0.6 is 15.9 Å². The molecule has 1 N–H and O–H groups in total. The van der Waals surface area contributed by atoms with E-state index >= 15 is 0 Å². The first-order chi connectivity index (χ1) is 9.00. The first kappa shape index (κ1) is 15.0. The Morgan fingerprint density at radius 2 is 2.11 bits per heavy atom. The highest BCUT2D eigenvalue weighted by Crippen LogP contribution is 2.20. The third kappa shape index (κ3) is 3.78. The average Bonchev–Trinajstić information content (AvgIpc) is 2.38. The standard InChI is InChI=1S/C13H19BrN2O2S/c1-11-6-4-5-9-16(11)19(17,18)15-10-12-7-2-3-8-13(12)14/h2-3,7-8,11,15H,4-6,9-10H2,1H3. The molecule has 4 nitrogen and oxygen atoms in total. The molecule has 1 aromatic rings. The molecule has 0 saturated carbocycles. The largest absolute Gasteiger partial charge is 0.279 e. The second-order valence-electron chi connectivity index (χ2n) is 4.87. The van der Waals surface area contributed by atoms with Gasteiger partial charge >= 0.3 is 0 Å². The monoisotopic (exact) mass is 346 g/mol. The summed E-state index contributed by atoms with van der Waals surface area (Å²) in [5.74, 6) is 0. The molecule has 19 heavy (non-hydrogen) atoms. The summed E-state index contributed by atoms with van der Waals surface area (Å²) in [5.41, 5.74) is 0.940. The van der Waals surface area contributed by atoms with Gasteiger partial charge in [0.15, 0.2) is 0 Å². The summed E-state index contributed by atoms with van der Waals surface area (Å²) in [5, 5.41) is 0. The van der Waals surface area contributed by atoms with Crippen LogP contribution in [0.4, 0.5) is 0 Å². The summed E-state index contributed by atoms with van der Waals surface area (Å²) < 4.78 is 29.7. The van der Waals surface area contributed by atoms with Crippen molar-refractivity contribution in [1.29, 1.82) is 0 Å². The Hall–Kier alpha value is -0.430. The van der Waals surface area contributed by atoms with Crippen LogP contribution < -0.4 is 4.72 Å². The van der Waals surface area contributed by atoms with E-state index < -0.39 is 10.2 Å². The van der Waals surface area contributed by atoms with Gasteiger partial charge in [-0.1, -0.05) is 40.5 Å². The zero-order chi connectivity index (χ0) is 13.9. The van der Waals surface area contributed by atoms with Gasteiger partial charge in [0.25, 0.3) is 10.2 Å². The predicted molar refractivity (Wildman–Crippen MR) is 79.9 cm³/mol. The van der Waals surface area contributed by atoms with Crippen molar-refractivity contribution in [3.8, 4) is 0 Å². The minimum absolute atomic E-state index is 0.0884. The molecule has 0 aromatic heterocycles. The van der Waals surface area contributed by atoms with Gasteiger partial charge in [-0.15, -0.1) is 0 Å². The van der Waals surface area contributed by atoms with Crippen molar-refractivity contribution in [1.82, 2.24) is 9.03 Å². The zero-order valence-corrected chi connectivity index (χ0v) is 13.4. The van der Waals surface area contributed by atoms with Gasteiger partial charge in [0, 0.05) is 23.6 Å². The number of hydrogen-bond donors (Lipinski definition) is 1. The maximum absolute atomic E-state index is 12.3. The lowest BCUT2D eigenvalue weighted by atomic mass is 10.1. The fourth-order valence-electron chi connectivity index (χ4n) is 2.32. The molecular weight excluding hydrogens is 328 g/mol.